The van der Waals surface area contributed by atoms with Crippen molar-refractivity contribution in [2.45, 2.75) is 230 Å². The van der Waals surface area contributed by atoms with Gasteiger partial charge >= 0.3 is 5.97 Å². The Balaban J connectivity index is 2.26. The molecule has 0 radical (unpaired) electrons. The van der Waals surface area contributed by atoms with Crippen molar-refractivity contribution in [1.29, 1.82) is 0 Å². The minimum absolute atomic E-state index is 0.116. The fraction of sp³-hybridized carbons (Fsp3) is 0.889. The zero-order valence-electron chi connectivity index (χ0n) is 34.7. The molecule has 1 aliphatic rings. The van der Waals surface area contributed by atoms with E-state index >= 15 is 0 Å². The number of hydrogen-bond donors (Lipinski definition) is 4. The van der Waals surface area contributed by atoms with Crippen LogP contribution in [-0.2, 0) is 23.7 Å². The summed E-state index contributed by atoms with van der Waals surface area (Å²) in [4.78, 5) is 12.7. The molecule has 6 unspecified atom stereocenters. The summed E-state index contributed by atoms with van der Waals surface area (Å²) in [5.41, 5.74) is 0. The van der Waals surface area contributed by atoms with Crippen LogP contribution in [0.4, 0.5) is 0 Å². The van der Waals surface area contributed by atoms with Crippen LogP contribution in [0.1, 0.15) is 194 Å². The van der Waals surface area contributed by atoms with Crippen molar-refractivity contribution in [3.63, 3.8) is 0 Å². The van der Waals surface area contributed by atoms with Crippen LogP contribution >= 0.6 is 0 Å². The zero-order chi connectivity index (χ0) is 39.3. The topological polar surface area (TPSA) is 135 Å². The molecule has 0 aromatic carbocycles. The molecule has 4 N–H and O–H groups in total. The van der Waals surface area contributed by atoms with E-state index in [0.29, 0.717) is 13.0 Å². The SMILES string of the molecule is CCCCCC/C=C\CCCCCCCC(=O)OC(COCCCCCCCCCC/C=C\CCCCCCCC)COC1OC(CO)C(O)C(O)C1O. The van der Waals surface area contributed by atoms with E-state index in [4.69, 9.17) is 18.9 Å². The molecule has 1 saturated heterocycles. The molecule has 0 bridgehead atoms. The van der Waals surface area contributed by atoms with Crippen LogP contribution in [0.25, 0.3) is 0 Å². The van der Waals surface area contributed by atoms with Crippen LogP contribution in [0.15, 0.2) is 24.3 Å². The van der Waals surface area contributed by atoms with Crippen molar-refractivity contribution < 1.29 is 44.2 Å². The van der Waals surface area contributed by atoms with Gasteiger partial charge in [0.05, 0.1) is 19.8 Å². The molecule has 1 aliphatic heterocycles. The van der Waals surface area contributed by atoms with E-state index in [-0.39, 0.29) is 19.2 Å². The van der Waals surface area contributed by atoms with Gasteiger partial charge in [0.25, 0.3) is 0 Å². The zero-order valence-corrected chi connectivity index (χ0v) is 34.7. The summed E-state index contributed by atoms with van der Waals surface area (Å²) >= 11 is 0. The molecule has 0 aromatic heterocycles. The molecule has 1 rings (SSSR count). The lowest BCUT2D eigenvalue weighted by Gasteiger charge is -2.39. The molecule has 9 heteroatoms. The fourth-order valence-corrected chi connectivity index (χ4v) is 6.77. The van der Waals surface area contributed by atoms with Crippen molar-refractivity contribution in [3.8, 4) is 0 Å². The Morgan fingerprint density at radius 3 is 1.52 bits per heavy atom. The summed E-state index contributed by atoms with van der Waals surface area (Å²) in [6.45, 7) is 4.53. The Hall–Kier alpha value is -1.33. The molecule has 318 valence electrons. The summed E-state index contributed by atoms with van der Waals surface area (Å²) in [5.74, 6) is -0.323. The van der Waals surface area contributed by atoms with Crippen molar-refractivity contribution in [2.24, 2.45) is 0 Å². The standard InChI is InChI=1S/C45H84O9/c1-3-5-7-9-11-13-15-17-18-19-20-21-23-25-27-29-31-33-35-51-37-39(38-52-45-44(50)43(49)42(48)40(36-46)54-45)53-41(47)34-32-30-28-26-24-22-16-14-12-10-8-6-4-2/h14,16-18,39-40,42-46,48-50H,3-13,15,19-38H2,1-2H3/b16-14-,18-17-. The first-order valence-corrected chi connectivity index (χ1v) is 22.4. The number of carbonyl (C=O) groups excluding carboxylic acids is 1. The van der Waals surface area contributed by atoms with Gasteiger partial charge in [0.15, 0.2) is 6.29 Å². The molecule has 1 heterocycles. The summed E-state index contributed by atoms with van der Waals surface area (Å²) in [6, 6.07) is 0. The number of ether oxygens (including phenoxy) is 4. The predicted molar refractivity (Wildman–Crippen MR) is 219 cm³/mol. The molecule has 9 nitrogen and oxygen atoms in total. The van der Waals surface area contributed by atoms with E-state index in [1.807, 2.05) is 0 Å². The molecule has 0 amide bonds. The first-order valence-electron chi connectivity index (χ1n) is 22.4. The molecule has 0 saturated carbocycles. The number of rotatable bonds is 38. The van der Waals surface area contributed by atoms with E-state index < -0.39 is 43.4 Å². The van der Waals surface area contributed by atoms with Gasteiger partial charge in [-0.15, -0.1) is 0 Å². The average Bonchev–Trinajstić information content (AvgIpc) is 3.17. The van der Waals surface area contributed by atoms with E-state index in [1.54, 1.807) is 0 Å². The van der Waals surface area contributed by atoms with E-state index in [1.165, 1.54) is 128 Å². The van der Waals surface area contributed by atoms with Crippen LogP contribution in [0.2, 0.25) is 0 Å². The van der Waals surface area contributed by atoms with Gasteiger partial charge in [-0.3, -0.25) is 4.79 Å². The van der Waals surface area contributed by atoms with E-state index in [9.17, 15) is 25.2 Å². The van der Waals surface area contributed by atoms with Crippen LogP contribution in [0.5, 0.6) is 0 Å². The molecule has 54 heavy (non-hydrogen) atoms. The van der Waals surface area contributed by atoms with Gasteiger partial charge in [0.2, 0.25) is 0 Å². The van der Waals surface area contributed by atoms with Gasteiger partial charge in [-0.25, -0.2) is 0 Å². The third-order valence-corrected chi connectivity index (χ3v) is 10.3. The van der Waals surface area contributed by atoms with Crippen LogP contribution < -0.4 is 0 Å². The average molecular weight is 769 g/mol. The number of carbonyl (C=O) groups is 1. The summed E-state index contributed by atoms with van der Waals surface area (Å²) in [6.07, 6.45) is 34.9. The van der Waals surface area contributed by atoms with Gasteiger partial charge in [0, 0.05) is 13.0 Å². The lowest BCUT2D eigenvalue weighted by Crippen LogP contribution is -2.59. The molecule has 1 fully saturated rings. The summed E-state index contributed by atoms with van der Waals surface area (Å²) in [7, 11) is 0. The fourth-order valence-electron chi connectivity index (χ4n) is 6.77. The third-order valence-electron chi connectivity index (χ3n) is 10.3. The Morgan fingerprint density at radius 2 is 1.02 bits per heavy atom. The van der Waals surface area contributed by atoms with Gasteiger partial charge in [0.1, 0.15) is 30.5 Å². The minimum Gasteiger partial charge on any atom is -0.457 e. The van der Waals surface area contributed by atoms with Crippen molar-refractivity contribution in [1.82, 2.24) is 0 Å². The molecule has 0 aliphatic carbocycles. The van der Waals surface area contributed by atoms with Crippen LogP contribution in [-0.4, -0.2) is 89.6 Å². The number of unbranched alkanes of at least 4 members (excludes halogenated alkanes) is 23. The highest BCUT2D eigenvalue weighted by Crippen LogP contribution is 2.22. The van der Waals surface area contributed by atoms with Gasteiger partial charge in [-0.1, -0.05) is 147 Å². The van der Waals surface area contributed by atoms with Gasteiger partial charge < -0.3 is 39.4 Å². The second-order valence-corrected chi connectivity index (χ2v) is 15.5. The van der Waals surface area contributed by atoms with Crippen molar-refractivity contribution >= 4 is 5.97 Å². The van der Waals surface area contributed by atoms with Gasteiger partial charge in [-0.2, -0.15) is 0 Å². The second kappa shape index (κ2) is 37.3. The Bertz CT molecular complexity index is 879. The molecule has 0 spiro atoms. The first kappa shape index (κ1) is 50.7. The Kier molecular flexibility index (Phi) is 35.0. The smallest absolute Gasteiger partial charge is 0.306 e. The summed E-state index contributed by atoms with van der Waals surface area (Å²) < 4.78 is 22.8. The Morgan fingerprint density at radius 1 is 0.574 bits per heavy atom. The third kappa shape index (κ3) is 28.1. The number of esters is 1. The lowest BCUT2D eigenvalue weighted by atomic mass is 9.99. The molecule has 0 aromatic rings. The monoisotopic (exact) mass is 769 g/mol. The highest BCUT2D eigenvalue weighted by Gasteiger charge is 2.44. The van der Waals surface area contributed by atoms with Crippen molar-refractivity contribution in [3.05, 3.63) is 24.3 Å². The van der Waals surface area contributed by atoms with Crippen molar-refractivity contribution in [2.75, 3.05) is 26.4 Å². The quantitative estimate of drug-likeness (QED) is 0.0275. The Labute approximate surface area is 330 Å². The largest absolute Gasteiger partial charge is 0.457 e. The number of aliphatic hydroxyl groups excluding tert-OH is 4. The molecule has 6 atom stereocenters. The highest BCUT2D eigenvalue weighted by molar-refractivity contribution is 5.69. The maximum atomic E-state index is 12.7. The normalized spacial score (nSPS) is 21.0. The van der Waals surface area contributed by atoms with Crippen LogP contribution in [0, 0.1) is 0 Å². The van der Waals surface area contributed by atoms with E-state index in [2.05, 4.69) is 38.2 Å². The summed E-state index contributed by atoms with van der Waals surface area (Å²) in [5, 5.41) is 40.1. The lowest BCUT2D eigenvalue weighted by molar-refractivity contribution is -0.305. The maximum absolute atomic E-state index is 12.7. The predicted octanol–water partition coefficient (Wildman–Crippen LogP) is 9.81. The number of allylic oxidation sites excluding steroid dienone is 4. The highest BCUT2D eigenvalue weighted by atomic mass is 16.7. The van der Waals surface area contributed by atoms with Gasteiger partial charge in [-0.05, 0) is 64.2 Å². The number of aliphatic hydroxyl groups is 4. The van der Waals surface area contributed by atoms with E-state index in [0.717, 1.165) is 44.9 Å². The van der Waals surface area contributed by atoms with Crippen LogP contribution in [0.3, 0.4) is 0 Å². The molecular weight excluding hydrogens is 684 g/mol. The number of hydrogen-bond acceptors (Lipinski definition) is 9. The molecular formula is C45H84O9. The maximum Gasteiger partial charge on any atom is 0.306 e. The minimum atomic E-state index is -1.54. The first-order chi connectivity index (χ1) is 26.4. The second-order valence-electron chi connectivity index (χ2n) is 15.5.